The summed E-state index contributed by atoms with van der Waals surface area (Å²) < 4.78 is 3.93. The van der Waals surface area contributed by atoms with E-state index in [0.29, 0.717) is 0 Å². The van der Waals surface area contributed by atoms with Crippen molar-refractivity contribution in [3.05, 3.63) is 0 Å². The van der Waals surface area contributed by atoms with Crippen molar-refractivity contribution < 1.29 is 44.0 Å². The Bertz CT molecular complexity index is 219. The lowest BCUT2D eigenvalue weighted by atomic mass is 10.4. The molecule has 0 fully saturated rings. The lowest BCUT2D eigenvalue weighted by molar-refractivity contribution is -0.493. The van der Waals surface area contributed by atoms with Crippen LogP contribution in [0.2, 0.25) is 0 Å². The summed E-state index contributed by atoms with van der Waals surface area (Å²) in [4.78, 5) is 38.2. The number of hydrogen-bond acceptors (Lipinski definition) is 9. The van der Waals surface area contributed by atoms with E-state index in [1.165, 1.54) is 0 Å². The molecule has 0 N–H and O–H groups in total. The van der Waals surface area contributed by atoms with Crippen molar-refractivity contribution in [3.63, 3.8) is 0 Å². The molecular formula is C10H18O9. The van der Waals surface area contributed by atoms with Crippen LogP contribution in [0.15, 0.2) is 0 Å². The van der Waals surface area contributed by atoms with Crippen molar-refractivity contribution in [2.45, 2.75) is 39.5 Å². The maximum Gasteiger partial charge on any atom is 0.553 e. The van der Waals surface area contributed by atoms with Crippen LogP contribution < -0.4 is 0 Å². The average molecular weight is 282 g/mol. The molecule has 0 spiro atoms. The molecule has 0 aliphatic carbocycles. The van der Waals surface area contributed by atoms with Crippen LogP contribution in [0.25, 0.3) is 0 Å². The van der Waals surface area contributed by atoms with E-state index in [1.54, 1.807) is 0 Å². The summed E-state index contributed by atoms with van der Waals surface area (Å²) in [5.74, 6) is 0. The van der Waals surface area contributed by atoms with Crippen LogP contribution >= 0.6 is 0 Å². The summed E-state index contributed by atoms with van der Waals surface area (Å²) in [6, 6.07) is 0. The maximum absolute atomic E-state index is 10.8. The Hall–Kier alpha value is -1.42. The van der Waals surface area contributed by atoms with Crippen LogP contribution in [0.4, 0.5) is 9.59 Å². The monoisotopic (exact) mass is 282 g/mol. The van der Waals surface area contributed by atoms with Gasteiger partial charge in [-0.05, 0) is 22.9 Å². The summed E-state index contributed by atoms with van der Waals surface area (Å²) in [6.45, 7) is 4.36. The molecule has 0 saturated carbocycles. The number of carbonyl (C=O) groups is 2. The Morgan fingerprint density at radius 3 is 1.58 bits per heavy atom. The Balaban J connectivity index is 3.40. The summed E-state index contributed by atoms with van der Waals surface area (Å²) in [6.07, 6.45) is 0.301. The van der Waals surface area contributed by atoms with Gasteiger partial charge in [0.15, 0.2) is 0 Å². The fraction of sp³-hybridized carbons (Fsp3) is 0.800. The van der Waals surface area contributed by atoms with Gasteiger partial charge in [-0.1, -0.05) is 26.7 Å². The summed E-state index contributed by atoms with van der Waals surface area (Å²) >= 11 is 0. The molecule has 9 nitrogen and oxygen atoms in total. The predicted molar refractivity (Wildman–Crippen MR) is 57.9 cm³/mol. The molecule has 0 rings (SSSR count). The van der Waals surface area contributed by atoms with Gasteiger partial charge in [0, 0.05) is 0 Å². The molecule has 0 atom stereocenters. The topological polar surface area (TPSA) is 98.8 Å². The SMILES string of the molecule is CCCCOOOC(=O)OC(=O)OOOCCCC. The smallest absolute Gasteiger partial charge is 0.323 e. The van der Waals surface area contributed by atoms with Crippen LogP contribution in [0, 0.1) is 0 Å². The van der Waals surface area contributed by atoms with Gasteiger partial charge in [0.25, 0.3) is 0 Å². The zero-order valence-corrected chi connectivity index (χ0v) is 10.9. The molecule has 0 amide bonds. The zero-order valence-electron chi connectivity index (χ0n) is 10.9. The minimum absolute atomic E-state index is 0.239. The molecule has 0 unspecified atom stereocenters. The first-order valence-corrected chi connectivity index (χ1v) is 5.88. The highest BCUT2D eigenvalue weighted by molar-refractivity contribution is 5.76. The van der Waals surface area contributed by atoms with Crippen molar-refractivity contribution in [2.24, 2.45) is 0 Å². The van der Waals surface area contributed by atoms with Gasteiger partial charge in [0.1, 0.15) is 0 Å². The lowest BCUT2D eigenvalue weighted by Gasteiger charge is -2.02. The van der Waals surface area contributed by atoms with Crippen molar-refractivity contribution in [2.75, 3.05) is 13.2 Å². The van der Waals surface area contributed by atoms with Gasteiger partial charge in [-0.15, -0.1) is 0 Å². The normalized spacial score (nSPS) is 10.0. The van der Waals surface area contributed by atoms with Crippen molar-refractivity contribution in [1.29, 1.82) is 0 Å². The molecule has 9 heteroatoms. The Morgan fingerprint density at radius 2 is 1.21 bits per heavy atom. The third-order valence-corrected chi connectivity index (χ3v) is 1.63. The van der Waals surface area contributed by atoms with Gasteiger partial charge in [0.2, 0.25) is 0 Å². The van der Waals surface area contributed by atoms with Crippen molar-refractivity contribution in [1.82, 2.24) is 0 Å². The second kappa shape index (κ2) is 13.0. The Kier molecular flexibility index (Phi) is 12.0. The molecule has 0 aliphatic heterocycles. The maximum atomic E-state index is 10.8. The first kappa shape index (κ1) is 17.6. The fourth-order valence-corrected chi connectivity index (χ4v) is 0.680. The minimum Gasteiger partial charge on any atom is -0.323 e. The molecule has 0 radical (unpaired) electrons. The first-order valence-electron chi connectivity index (χ1n) is 5.88. The summed E-state index contributed by atoms with van der Waals surface area (Å²) in [7, 11) is 0. The third-order valence-electron chi connectivity index (χ3n) is 1.63. The zero-order chi connectivity index (χ0) is 14.3. The van der Waals surface area contributed by atoms with E-state index < -0.39 is 12.3 Å². The molecule has 0 bridgehead atoms. The lowest BCUT2D eigenvalue weighted by Crippen LogP contribution is -2.16. The largest absolute Gasteiger partial charge is 0.553 e. The van der Waals surface area contributed by atoms with Gasteiger partial charge < -0.3 is 4.74 Å². The molecule has 0 aromatic rings. The van der Waals surface area contributed by atoms with Crippen LogP contribution in [0.5, 0.6) is 0 Å². The van der Waals surface area contributed by atoms with E-state index in [-0.39, 0.29) is 13.2 Å². The Labute approximate surface area is 110 Å². The molecule has 0 aliphatic rings. The molecule has 0 heterocycles. The predicted octanol–water partition coefficient (Wildman–Crippen LogP) is 2.60. The fourth-order valence-electron chi connectivity index (χ4n) is 0.680. The third kappa shape index (κ3) is 12.8. The number of ether oxygens (including phenoxy) is 1. The molecule has 0 aromatic carbocycles. The van der Waals surface area contributed by atoms with Crippen LogP contribution in [-0.4, -0.2) is 25.5 Å². The Morgan fingerprint density at radius 1 is 0.789 bits per heavy atom. The van der Waals surface area contributed by atoms with Gasteiger partial charge >= 0.3 is 12.3 Å². The van der Waals surface area contributed by atoms with Gasteiger partial charge in [-0.3, -0.25) is 0 Å². The minimum atomic E-state index is -1.46. The van der Waals surface area contributed by atoms with Crippen LogP contribution in [0.1, 0.15) is 39.5 Å². The number of carbonyl (C=O) groups excluding carboxylic acids is 2. The van der Waals surface area contributed by atoms with Gasteiger partial charge in [0.05, 0.1) is 13.2 Å². The molecule has 19 heavy (non-hydrogen) atoms. The number of unbranched alkanes of at least 4 members (excludes halogenated alkanes) is 2. The van der Waals surface area contributed by atoms with E-state index in [2.05, 4.69) is 34.4 Å². The highest BCUT2D eigenvalue weighted by Gasteiger charge is 2.16. The summed E-state index contributed by atoms with van der Waals surface area (Å²) in [5, 5.41) is 8.00. The van der Waals surface area contributed by atoms with E-state index in [0.717, 1.165) is 25.7 Å². The molecule has 112 valence electrons. The highest BCUT2D eigenvalue weighted by Crippen LogP contribution is 1.96. The molecule has 0 saturated heterocycles. The van der Waals surface area contributed by atoms with Gasteiger partial charge in [-0.2, -0.15) is 19.4 Å². The standard InChI is InChI=1S/C10H18O9/c1-3-5-7-13-18-16-9(11)15-10(12)17-19-14-8-6-4-2/h3-8H2,1-2H3. The quantitative estimate of drug-likeness (QED) is 0.197. The second-order valence-corrected chi connectivity index (χ2v) is 3.26. The highest BCUT2D eigenvalue weighted by atomic mass is 17.5. The van der Waals surface area contributed by atoms with E-state index in [1.807, 2.05) is 13.8 Å². The van der Waals surface area contributed by atoms with Crippen LogP contribution in [-0.2, 0) is 34.4 Å². The molecular weight excluding hydrogens is 264 g/mol. The van der Waals surface area contributed by atoms with E-state index >= 15 is 0 Å². The average Bonchev–Trinajstić information content (AvgIpc) is 2.38. The van der Waals surface area contributed by atoms with E-state index in [4.69, 9.17) is 0 Å². The van der Waals surface area contributed by atoms with Crippen molar-refractivity contribution in [3.8, 4) is 0 Å². The number of rotatable bonds is 10. The van der Waals surface area contributed by atoms with Crippen molar-refractivity contribution >= 4 is 12.3 Å². The summed E-state index contributed by atoms with van der Waals surface area (Å²) in [5.41, 5.74) is 0. The second-order valence-electron chi connectivity index (χ2n) is 3.26. The molecule has 0 aromatic heterocycles. The van der Waals surface area contributed by atoms with Gasteiger partial charge in [-0.25, -0.2) is 9.78 Å². The van der Waals surface area contributed by atoms with Crippen LogP contribution in [0.3, 0.4) is 0 Å². The van der Waals surface area contributed by atoms with E-state index in [9.17, 15) is 9.59 Å². The number of hydrogen-bond donors (Lipinski definition) is 0. The first-order chi connectivity index (χ1) is 9.20.